The first kappa shape index (κ1) is 19.4. The quantitative estimate of drug-likeness (QED) is 0.682. The third kappa shape index (κ3) is 5.54. The van der Waals surface area contributed by atoms with Gasteiger partial charge in [-0.3, -0.25) is 9.59 Å². The third-order valence-electron chi connectivity index (χ3n) is 4.17. The molecule has 1 fully saturated rings. The molecule has 1 aliphatic heterocycles. The number of nitrogens with one attached hydrogen (secondary N) is 1. The Hall–Kier alpha value is -1.93. The van der Waals surface area contributed by atoms with Gasteiger partial charge in [0, 0.05) is 31.6 Å². The van der Waals surface area contributed by atoms with Crippen molar-refractivity contribution in [3.8, 4) is 0 Å². The van der Waals surface area contributed by atoms with Crippen LogP contribution in [0.5, 0.6) is 0 Å². The van der Waals surface area contributed by atoms with Crippen molar-refractivity contribution < 1.29 is 23.1 Å². The molecule has 7 nitrogen and oxygen atoms in total. The zero-order valence-electron chi connectivity index (χ0n) is 14.1. The highest BCUT2D eigenvalue weighted by Crippen LogP contribution is 2.20. The summed E-state index contributed by atoms with van der Waals surface area (Å²) in [5, 5.41) is 11.2. The fourth-order valence-corrected chi connectivity index (χ4v) is 4.25. The molecular weight excluding hydrogens is 344 g/mol. The Balaban J connectivity index is 1.90. The summed E-state index contributed by atoms with van der Waals surface area (Å²) < 4.78 is 26.6. The SMILES string of the molecule is O=C(O)CCCCNC(=O)c1ccc(S(=O)(=O)N2CCCCC2)cc1. The molecule has 0 saturated carbocycles. The van der Waals surface area contributed by atoms with Crippen LogP contribution in [0.1, 0.15) is 48.9 Å². The first-order chi connectivity index (χ1) is 11.9. The molecule has 0 spiro atoms. The van der Waals surface area contributed by atoms with Crippen molar-refractivity contribution in [1.82, 2.24) is 9.62 Å². The molecule has 0 aliphatic carbocycles. The number of unbranched alkanes of at least 4 members (excludes halogenated alkanes) is 1. The van der Waals surface area contributed by atoms with Crippen LogP contribution in [0.2, 0.25) is 0 Å². The summed E-state index contributed by atoms with van der Waals surface area (Å²) in [6, 6.07) is 5.93. The number of carbonyl (C=O) groups is 2. The van der Waals surface area contributed by atoms with Crippen LogP contribution in [0.4, 0.5) is 0 Å². The average molecular weight is 368 g/mol. The summed E-state index contributed by atoms with van der Waals surface area (Å²) >= 11 is 0. The number of nitrogens with zero attached hydrogens (tertiary/aromatic N) is 1. The maximum absolute atomic E-state index is 12.5. The predicted octanol–water partition coefficient (Wildman–Crippen LogP) is 1.85. The van der Waals surface area contributed by atoms with E-state index < -0.39 is 16.0 Å². The molecule has 2 N–H and O–H groups in total. The summed E-state index contributed by atoms with van der Waals surface area (Å²) in [5.41, 5.74) is 0.385. The van der Waals surface area contributed by atoms with Crippen molar-refractivity contribution in [1.29, 1.82) is 0 Å². The standard InChI is InChI=1S/C17H24N2O5S/c20-16(21)6-2-3-11-18-17(22)14-7-9-15(10-8-14)25(23,24)19-12-4-1-5-13-19/h7-10H,1-6,11-13H2,(H,18,22)(H,20,21). The van der Waals surface area contributed by atoms with Crippen LogP contribution in [0.3, 0.4) is 0 Å². The number of hydrogen-bond donors (Lipinski definition) is 2. The van der Waals surface area contributed by atoms with Crippen LogP contribution in [0.25, 0.3) is 0 Å². The molecule has 1 saturated heterocycles. The summed E-state index contributed by atoms with van der Waals surface area (Å²) in [7, 11) is -3.49. The van der Waals surface area contributed by atoms with Gasteiger partial charge in [0.25, 0.3) is 5.91 Å². The lowest BCUT2D eigenvalue weighted by Gasteiger charge is -2.25. The number of aliphatic carboxylic acids is 1. The Labute approximate surface area is 148 Å². The summed E-state index contributed by atoms with van der Waals surface area (Å²) in [4.78, 5) is 22.6. The van der Waals surface area contributed by atoms with Crippen LogP contribution in [-0.4, -0.2) is 49.3 Å². The molecule has 25 heavy (non-hydrogen) atoms. The lowest BCUT2D eigenvalue weighted by atomic mass is 10.2. The first-order valence-corrected chi connectivity index (χ1v) is 9.95. The molecule has 0 bridgehead atoms. The molecule has 0 aromatic heterocycles. The van der Waals surface area contributed by atoms with Gasteiger partial charge < -0.3 is 10.4 Å². The first-order valence-electron chi connectivity index (χ1n) is 8.51. The van der Waals surface area contributed by atoms with Gasteiger partial charge >= 0.3 is 5.97 Å². The highest BCUT2D eigenvalue weighted by molar-refractivity contribution is 7.89. The van der Waals surface area contributed by atoms with Crippen molar-refractivity contribution in [2.75, 3.05) is 19.6 Å². The minimum absolute atomic E-state index is 0.0823. The molecule has 1 amide bonds. The van der Waals surface area contributed by atoms with E-state index in [2.05, 4.69) is 5.32 Å². The molecule has 1 heterocycles. The second kappa shape index (κ2) is 8.96. The van der Waals surface area contributed by atoms with E-state index in [1.807, 2.05) is 0 Å². The van der Waals surface area contributed by atoms with Crippen molar-refractivity contribution in [2.24, 2.45) is 0 Å². The van der Waals surface area contributed by atoms with Crippen LogP contribution < -0.4 is 5.32 Å². The van der Waals surface area contributed by atoms with Crippen LogP contribution >= 0.6 is 0 Å². The fourth-order valence-electron chi connectivity index (χ4n) is 2.74. The molecule has 2 rings (SSSR count). The number of sulfonamides is 1. The number of benzene rings is 1. The van der Waals surface area contributed by atoms with Crippen molar-refractivity contribution in [2.45, 2.75) is 43.4 Å². The maximum atomic E-state index is 12.5. The Kier molecular flexibility index (Phi) is 6.95. The van der Waals surface area contributed by atoms with Gasteiger partial charge in [0.2, 0.25) is 10.0 Å². The number of hydrogen-bond acceptors (Lipinski definition) is 4. The van der Waals surface area contributed by atoms with E-state index in [1.54, 1.807) is 0 Å². The van der Waals surface area contributed by atoms with Gasteiger partial charge in [-0.2, -0.15) is 4.31 Å². The second-order valence-corrected chi connectivity index (χ2v) is 8.03. The minimum atomic E-state index is -3.49. The van der Waals surface area contributed by atoms with E-state index in [1.165, 1.54) is 28.6 Å². The van der Waals surface area contributed by atoms with E-state index in [4.69, 9.17) is 5.11 Å². The van der Waals surface area contributed by atoms with Crippen LogP contribution in [0.15, 0.2) is 29.2 Å². The Morgan fingerprint density at radius 2 is 1.68 bits per heavy atom. The Morgan fingerprint density at radius 3 is 2.28 bits per heavy atom. The molecular formula is C17H24N2O5S. The number of rotatable bonds is 8. The van der Waals surface area contributed by atoms with Gasteiger partial charge in [-0.25, -0.2) is 8.42 Å². The number of carboxylic acid groups (broad SMARTS) is 1. The van der Waals surface area contributed by atoms with Crippen LogP contribution in [-0.2, 0) is 14.8 Å². The largest absolute Gasteiger partial charge is 0.481 e. The summed E-state index contributed by atoms with van der Waals surface area (Å²) in [6.07, 6.45) is 3.97. The van der Waals surface area contributed by atoms with Gasteiger partial charge in [0.15, 0.2) is 0 Å². The molecule has 1 aromatic rings. The third-order valence-corrected chi connectivity index (χ3v) is 6.09. The van der Waals surface area contributed by atoms with E-state index in [-0.39, 0.29) is 17.2 Å². The monoisotopic (exact) mass is 368 g/mol. The molecule has 1 aromatic carbocycles. The summed E-state index contributed by atoms with van der Waals surface area (Å²) in [6.45, 7) is 1.47. The molecule has 0 radical (unpaired) electrons. The lowest BCUT2D eigenvalue weighted by molar-refractivity contribution is -0.137. The van der Waals surface area contributed by atoms with E-state index in [9.17, 15) is 18.0 Å². The molecule has 1 aliphatic rings. The van der Waals surface area contributed by atoms with Gasteiger partial charge in [0.05, 0.1) is 4.90 Å². The number of carbonyl (C=O) groups excluding carboxylic acids is 1. The topological polar surface area (TPSA) is 104 Å². The van der Waals surface area contributed by atoms with Crippen molar-refractivity contribution >= 4 is 21.9 Å². The minimum Gasteiger partial charge on any atom is -0.481 e. The smallest absolute Gasteiger partial charge is 0.303 e. The zero-order chi connectivity index (χ0) is 18.3. The average Bonchev–Trinajstić information content (AvgIpc) is 2.62. The number of carboxylic acids is 1. The lowest BCUT2D eigenvalue weighted by Crippen LogP contribution is -2.35. The number of amides is 1. The van der Waals surface area contributed by atoms with Gasteiger partial charge in [0.1, 0.15) is 0 Å². The van der Waals surface area contributed by atoms with Crippen molar-refractivity contribution in [3.63, 3.8) is 0 Å². The fraction of sp³-hybridized carbons (Fsp3) is 0.529. The molecule has 8 heteroatoms. The normalized spacial score (nSPS) is 15.7. The van der Waals surface area contributed by atoms with E-state index in [0.717, 1.165) is 19.3 Å². The van der Waals surface area contributed by atoms with Gasteiger partial charge in [-0.15, -0.1) is 0 Å². The number of piperidine rings is 1. The molecule has 0 atom stereocenters. The summed E-state index contributed by atoms with van der Waals surface area (Å²) in [5.74, 6) is -1.14. The molecule has 0 unspecified atom stereocenters. The van der Waals surface area contributed by atoms with Gasteiger partial charge in [-0.05, 0) is 49.9 Å². The maximum Gasteiger partial charge on any atom is 0.303 e. The van der Waals surface area contributed by atoms with E-state index in [0.29, 0.717) is 38.0 Å². The molecule has 138 valence electrons. The Morgan fingerprint density at radius 1 is 1.04 bits per heavy atom. The van der Waals surface area contributed by atoms with Crippen molar-refractivity contribution in [3.05, 3.63) is 29.8 Å². The van der Waals surface area contributed by atoms with Crippen LogP contribution in [0, 0.1) is 0 Å². The Bertz CT molecular complexity index is 694. The zero-order valence-corrected chi connectivity index (χ0v) is 14.9. The highest BCUT2D eigenvalue weighted by atomic mass is 32.2. The second-order valence-electron chi connectivity index (χ2n) is 6.10. The highest BCUT2D eigenvalue weighted by Gasteiger charge is 2.25. The van der Waals surface area contributed by atoms with Gasteiger partial charge in [-0.1, -0.05) is 6.42 Å². The predicted molar refractivity (Wildman–Crippen MR) is 92.9 cm³/mol. The van der Waals surface area contributed by atoms with E-state index >= 15 is 0 Å².